The van der Waals surface area contributed by atoms with Crippen LogP contribution in [0.2, 0.25) is 5.02 Å². The van der Waals surface area contributed by atoms with Gasteiger partial charge in [0.2, 0.25) is 0 Å². The van der Waals surface area contributed by atoms with Crippen molar-refractivity contribution in [2.45, 2.75) is 0 Å². The molecule has 0 amide bonds. The summed E-state index contributed by atoms with van der Waals surface area (Å²) in [5.41, 5.74) is 0. The van der Waals surface area contributed by atoms with Gasteiger partial charge < -0.3 is 9.84 Å². The molecule has 2 nitrogen and oxygen atoms in total. The van der Waals surface area contributed by atoms with Gasteiger partial charge >= 0.3 is 0 Å². The number of hydrogen-bond acceptors (Lipinski definition) is 2. The minimum absolute atomic E-state index is 0.00772. The van der Waals surface area contributed by atoms with Crippen LogP contribution in [-0.4, -0.2) is 12.2 Å². The summed E-state index contributed by atoms with van der Waals surface area (Å²) >= 11 is 5.56. The van der Waals surface area contributed by atoms with E-state index in [1.165, 1.54) is 7.11 Å². The van der Waals surface area contributed by atoms with Gasteiger partial charge in [-0.05, 0) is 12.1 Å². The van der Waals surface area contributed by atoms with Crippen LogP contribution in [0.15, 0.2) is 18.2 Å². The number of rotatable bonds is 1. The first-order chi connectivity index (χ1) is 4.75. The van der Waals surface area contributed by atoms with Crippen LogP contribution in [0.1, 0.15) is 0 Å². The fourth-order valence-corrected chi connectivity index (χ4v) is 0.826. The van der Waals surface area contributed by atoms with Gasteiger partial charge in [0.15, 0.2) is 11.5 Å². The van der Waals surface area contributed by atoms with Gasteiger partial charge in [-0.1, -0.05) is 17.7 Å². The Morgan fingerprint density at radius 3 is 2.70 bits per heavy atom. The van der Waals surface area contributed by atoms with Crippen molar-refractivity contribution in [2.75, 3.05) is 7.11 Å². The predicted octanol–water partition coefficient (Wildman–Crippen LogP) is 2.05. The molecule has 54 valence electrons. The van der Waals surface area contributed by atoms with Gasteiger partial charge in [0.05, 0.1) is 12.1 Å². The van der Waals surface area contributed by atoms with Crippen molar-refractivity contribution >= 4 is 11.6 Å². The van der Waals surface area contributed by atoms with Crippen LogP contribution in [0.5, 0.6) is 11.5 Å². The molecule has 1 aromatic rings. The Bertz CT molecular complexity index is 235. The van der Waals surface area contributed by atoms with Crippen molar-refractivity contribution in [1.29, 1.82) is 0 Å². The number of para-hydroxylation sites is 1. The standard InChI is InChI=1S/C7H7ClO2/c1-10-6-4-2-3-5(8)7(6)9/h2-4,9H,1H3. The van der Waals surface area contributed by atoms with Crippen LogP contribution in [0.3, 0.4) is 0 Å². The molecular formula is C7H7ClO2. The van der Waals surface area contributed by atoms with Gasteiger partial charge in [0.1, 0.15) is 0 Å². The average molecular weight is 159 g/mol. The molecule has 0 unspecified atom stereocenters. The quantitative estimate of drug-likeness (QED) is 0.678. The van der Waals surface area contributed by atoms with Crippen molar-refractivity contribution in [3.63, 3.8) is 0 Å². The second-order valence-electron chi connectivity index (χ2n) is 1.79. The van der Waals surface area contributed by atoms with E-state index >= 15 is 0 Å². The van der Waals surface area contributed by atoms with Crippen molar-refractivity contribution in [1.82, 2.24) is 0 Å². The van der Waals surface area contributed by atoms with Gasteiger partial charge in [-0.25, -0.2) is 0 Å². The minimum atomic E-state index is -0.00772. The number of methoxy groups -OCH3 is 1. The van der Waals surface area contributed by atoms with Crippen LogP contribution >= 0.6 is 11.6 Å². The highest BCUT2D eigenvalue weighted by atomic mass is 35.5. The van der Waals surface area contributed by atoms with Crippen molar-refractivity contribution in [2.24, 2.45) is 0 Å². The first-order valence-electron chi connectivity index (χ1n) is 2.77. The maximum Gasteiger partial charge on any atom is 0.176 e. The SMILES string of the molecule is COc1cccc(Cl)c1O. The maximum absolute atomic E-state index is 9.14. The highest BCUT2D eigenvalue weighted by molar-refractivity contribution is 6.32. The van der Waals surface area contributed by atoms with Gasteiger partial charge in [-0.2, -0.15) is 0 Å². The lowest BCUT2D eigenvalue weighted by molar-refractivity contribution is 0.373. The predicted molar refractivity (Wildman–Crippen MR) is 39.7 cm³/mol. The van der Waals surface area contributed by atoms with Gasteiger partial charge in [0.25, 0.3) is 0 Å². The maximum atomic E-state index is 9.14. The number of aromatic hydroxyl groups is 1. The van der Waals surface area contributed by atoms with E-state index in [1.807, 2.05) is 0 Å². The van der Waals surface area contributed by atoms with Crippen molar-refractivity contribution in [3.05, 3.63) is 23.2 Å². The van der Waals surface area contributed by atoms with Crippen molar-refractivity contribution in [3.8, 4) is 11.5 Å². The Balaban J connectivity index is 3.14. The Hall–Kier alpha value is -0.890. The Morgan fingerprint density at radius 1 is 1.50 bits per heavy atom. The molecule has 1 aromatic carbocycles. The number of benzene rings is 1. The first-order valence-corrected chi connectivity index (χ1v) is 3.15. The van der Waals surface area contributed by atoms with Crippen LogP contribution in [0, 0.1) is 0 Å². The van der Waals surface area contributed by atoms with Crippen LogP contribution in [0.4, 0.5) is 0 Å². The highest BCUT2D eigenvalue weighted by Gasteiger charge is 2.02. The van der Waals surface area contributed by atoms with E-state index in [4.69, 9.17) is 21.4 Å². The zero-order chi connectivity index (χ0) is 7.56. The molecule has 10 heavy (non-hydrogen) atoms. The Labute approximate surface area is 64.0 Å². The van der Waals surface area contributed by atoms with E-state index in [-0.39, 0.29) is 5.75 Å². The molecule has 1 rings (SSSR count). The molecule has 0 aliphatic heterocycles. The minimum Gasteiger partial charge on any atom is -0.503 e. The van der Waals surface area contributed by atoms with Crippen LogP contribution in [-0.2, 0) is 0 Å². The second-order valence-corrected chi connectivity index (χ2v) is 2.20. The molecule has 0 bridgehead atoms. The Morgan fingerprint density at radius 2 is 2.20 bits per heavy atom. The van der Waals surface area contributed by atoms with E-state index in [0.717, 1.165) is 0 Å². The zero-order valence-electron chi connectivity index (χ0n) is 5.47. The largest absolute Gasteiger partial charge is 0.503 e. The molecule has 0 aliphatic rings. The highest BCUT2D eigenvalue weighted by Crippen LogP contribution is 2.32. The smallest absolute Gasteiger partial charge is 0.176 e. The molecule has 0 radical (unpaired) electrons. The number of ether oxygens (including phenoxy) is 1. The third-order valence-electron chi connectivity index (χ3n) is 1.17. The molecule has 3 heteroatoms. The van der Waals surface area contributed by atoms with Crippen LogP contribution in [0.25, 0.3) is 0 Å². The van der Waals surface area contributed by atoms with Gasteiger partial charge in [0, 0.05) is 0 Å². The molecule has 0 atom stereocenters. The second kappa shape index (κ2) is 2.80. The molecule has 0 spiro atoms. The lowest BCUT2D eigenvalue weighted by Gasteiger charge is -2.02. The fourth-order valence-electron chi connectivity index (χ4n) is 0.660. The fraction of sp³-hybridized carbons (Fsp3) is 0.143. The summed E-state index contributed by atoms with van der Waals surface area (Å²) in [7, 11) is 1.48. The molecule has 1 N–H and O–H groups in total. The van der Waals surface area contributed by atoms with E-state index in [1.54, 1.807) is 18.2 Å². The van der Waals surface area contributed by atoms with E-state index < -0.39 is 0 Å². The number of hydrogen-bond donors (Lipinski definition) is 1. The summed E-state index contributed by atoms with van der Waals surface area (Å²) in [6, 6.07) is 4.95. The molecule has 0 saturated carbocycles. The normalized spacial score (nSPS) is 9.40. The van der Waals surface area contributed by atoms with E-state index in [0.29, 0.717) is 10.8 Å². The summed E-state index contributed by atoms with van der Waals surface area (Å²) in [6.07, 6.45) is 0. The number of halogens is 1. The summed E-state index contributed by atoms with van der Waals surface area (Å²) in [4.78, 5) is 0. The first kappa shape index (κ1) is 7.22. The average Bonchev–Trinajstić information content (AvgIpc) is 1.95. The molecule has 0 aromatic heterocycles. The topological polar surface area (TPSA) is 29.5 Å². The Kier molecular flexibility index (Phi) is 2.02. The molecule has 0 heterocycles. The lowest BCUT2D eigenvalue weighted by Crippen LogP contribution is -1.82. The number of phenols is 1. The molecule has 0 fully saturated rings. The van der Waals surface area contributed by atoms with E-state index in [9.17, 15) is 0 Å². The third kappa shape index (κ3) is 1.16. The third-order valence-corrected chi connectivity index (χ3v) is 1.47. The lowest BCUT2D eigenvalue weighted by atomic mass is 10.3. The summed E-state index contributed by atoms with van der Waals surface area (Å²) in [6.45, 7) is 0. The molecule has 0 saturated heterocycles. The van der Waals surface area contributed by atoms with Gasteiger partial charge in [-0.3, -0.25) is 0 Å². The summed E-state index contributed by atoms with van der Waals surface area (Å²) in [5.74, 6) is 0.388. The molecular weight excluding hydrogens is 152 g/mol. The monoisotopic (exact) mass is 158 g/mol. The molecule has 0 aliphatic carbocycles. The summed E-state index contributed by atoms with van der Waals surface area (Å²) < 4.78 is 4.79. The zero-order valence-corrected chi connectivity index (χ0v) is 6.22. The van der Waals surface area contributed by atoms with Crippen molar-refractivity contribution < 1.29 is 9.84 Å². The summed E-state index contributed by atoms with van der Waals surface area (Å²) in [5, 5.41) is 9.45. The number of phenolic OH excluding ortho intramolecular Hbond substituents is 1. The van der Waals surface area contributed by atoms with Gasteiger partial charge in [-0.15, -0.1) is 0 Å². The van der Waals surface area contributed by atoms with Crippen LogP contribution < -0.4 is 4.74 Å². The van der Waals surface area contributed by atoms with E-state index in [2.05, 4.69) is 0 Å².